The summed E-state index contributed by atoms with van der Waals surface area (Å²) in [5.41, 5.74) is 6.50. The SMILES string of the molecule is CC(CN)c1nc(-c2ccsc2)no1. The highest BCUT2D eigenvalue weighted by atomic mass is 32.1. The largest absolute Gasteiger partial charge is 0.339 e. The average Bonchev–Trinajstić information content (AvgIpc) is 2.86. The van der Waals surface area contributed by atoms with Crippen LogP contribution in [-0.4, -0.2) is 16.7 Å². The maximum atomic E-state index is 5.51. The maximum absolute atomic E-state index is 5.51. The Bertz CT molecular complexity index is 396. The van der Waals surface area contributed by atoms with Crippen LogP contribution < -0.4 is 5.73 Å². The second-order valence-corrected chi connectivity index (χ2v) is 3.89. The summed E-state index contributed by atoms with van der Waals surface area (Å²) in [4.78, 5) is 4.27. The van der Waals surface area contributed by atoms with Crippen LogP contribution in [0.1, 0.15) is 18.7 Å². The Labute approximate surface area is 85.7 Å². The molecule has 0 saturated heterocycles. The van der Waals surface area contributed by atoms with E-state index in [4.69, 9.17) is 10.3 Å². The van der Waals surface area contributed by atoms with Crippen molar-refractivity contribution in [2.24, 2.45) is 5.73 Å². The van der Waals surface area contributed by atoms with E-state index in [1.54, 1.807) is 11.3 Å². The third kappa shape index (κ3) is 1.69. The van der Waals surface area contributed by atoms with Gasteiger partial charge < -0.3 is 10.3 Å². The number of nitrogens with zero attached hydrogens (tertiary/aromatic N) is 2. The van der Waals surface area contributed by atoms with Crippen LogP contribution in [0.25, 0.3) is 11.4 Å². The van der Waals surface area contributed by atoms with Crippen LogP contribution in [-0.2, 0) is 0 Å². The van der Waals surface area contributed by atoms with Gasteiger partial charge in [-0.3, -0.25) is 0 Å². The molecule has 14 heavy (non-hydrogen) atoms. The number of rotatable bonds is 3. The zero-order valence-corrected chi connectivity index (χ0v) is 8.62. The molecule has 5 heteroatoms. The molecule has 0 aromatic carbocycles. The molecule has 1 atom stereocenters. The summed E-state index contributed by atoms with van der Waals surface area (Å²) in [7, 11) is 0. The number of thiophene rings is 1. The molecule has 2 rings (SSSR count). The van der Waals surface area contributed by atoms with E-state index in [0.29, 0.717) is 18.3 Å². The fourth-order valence-corrected chi connectivity index (χ4v) is 1.68. The van der Waals surface area contributed by atoms with E-state index < -0.39 is 0 Å². The summed E-state index contributed by atoms with van der Waals surface area (Å²) < 4.78 is 5.10. The Balaban J connectivity index is 2.26. The van der Waals surface area contributed by atoms with Crippen LogP contribution in [0.2, 0.25) is 0 Å². The van der Waals surface area contributed by atoms with Gasteiger partial charge in [0.2, 0.25) is 11.7 Å². The van der Waals surface area contributed by atoms with E-state index in [1.165, 1.54) is 0 Å². The van der Waals surface area contributed by atoms with E-state index in [-0.39, 0.29) is 5.92 Å². The first-order chi connectivity index (χ1) is 6.81. The maximum Gasteiger partial charge on any atom is 0.231 e. The predicted molar refractivity (Wildman–Crippen MR) is 55.1 cm³/mol. The topological polar surface area (TPSA) is 64.9 Å². The van der Waals surface area contributed by atoms with Crippen LogP contribution in [0.4, 0.5) is 0 Å². The van der Waals surface area contributed by atoms with Crippen LogP contribution in [0, 0.1) is 0 Å². The second-order valence-electron chi connectivity index (χ2n) is 3.10. The van der Waals surface area contributed by atoms with Gasteiger partial charge in [0.15, 0.2) is 0 Å². The van der Waals surface area contributed by atoms with Gasteiger partial charge in [-0.05, 0) is 11.4 Å². The fraction of sp³-hybridized carbons (Fsp3) is 0.333. The molecule has 0 bridgehead atoms. The van der Waals surface area contributed by atoms with Crippen molar-refractivity contribution >= 4 is 11.3 Å². The highest BCUT2D eigenvalue weighted by Gasteiger charge is 2.13. The summed E-state index contributed by atoms with van der Waals surface area (Å²) in [6.45, 7) is 2.48. The van der Waals surface area contributed by atoms with E-state index in [0.717, 1.165) is 5.56 Å². The van der Waals surface area contributed by atoms with Gasteiger partial charge >= 0.3 is 0 Å². The third-order valence-corrected chi connectivity index (χ3v) is 2.68. The number of hydrogen-bond donors (Lipinski definition) is 1. The zero-order valence-electron chi connectivity index (χ0n) is 7.80. The van der Waals surface area contributed by atoms with Gasteiger partial charge in [-0.2, -0.15) is 16.3 Å². The number of hydrogen-bond acceptors (Lipinski definition) is 5. The molecule has 0 saturated carbocycles. The van der Waals surface area contributed by atoms with Crippen molar-refractivity contribution in [1.29, 1.82) is 0 Å². The molecule has 0 spiro atoms. The summed E-state index contributed by atoms with van der Waals surface area (Å²) in [6, 6.07) is 1.96. The van der Waals surface area contributed by atoms with Crippen LogP contribution in [0.3, 0.4) is 0 Å². The lowest BCUT2D eigenvalue weighted by atomic mass is 10.2. The molecule has 2 N–H and O–H groups in total. The van der Waals surface area contributed by atoms with Gasteiger partial charge in [0.1, 0.15) is 0 Å². The van der Waals surface area contributed by atoms with Crippen molar-refractivity contribution < 1.29 is 4.52 Å². The van der Waals surface area contributed by atoms with Crippen molar-refractivity contribution in [2.45, 2.75) is 12.8 Å². The van der Waals surface area contributed by atoms with Crippen LogP contribution in [0.5, 0.6) is 0 Å². The number of nitrogens with two attached hydrogens (primary N) is 1. The summed E-state index contributed by atoms with van der Waals surface area (Å²) >= 11 is 1.61. The van der Waals surface area contributed by atoms with E-state index in [2.05, 4.69) is 10.1 Å². The second kappa shape index (κ2) is 3.89. The van der Waals surface area contributed by atoms with Gasteiger partial charge in [-0.1, -0.05) is 12.1 Å². The molecule has 0 radical (unpaired) electrons. The minimum atomic E-state index is 0.120. The first-order valence-electron chi connectivity index (χ1n) is 4.37. The minimum absolute atomic E-state index is 0.120. The molecule has 2 aromatic heterocycles. The molecule has 4 nitrogen and oxygen atoms in total. The molecule has 0 aliphatic rings. The molecule has 0 aliphatic heterocycles. The first-order valence-corrected chi connectivity index (χ1v) is 5.31. The summed E-state index contributed by atoms with van der Waals surface area (Å²) in [5.74, 6) is 1.37. The van der Waals surface area contributed by atoms with Crippen LogP contribution in [0.15, 0.2) is 21.3 Å². The molecular weight excluding hydrogens is 198 g/mol. The normalized spacial score (nSPS) is 13.0. The Kier molecular flexibility index (Phi) is 2.60. The number of aromatic nitrogens is 2. The van der Waals surface area contributed by atoms with Gasteiger partial charge in [0, 0.05) is 23.4 Å². The van der Waals surface area contributed by atoms with Crippen molar-refractivity contribution in [3.05, 3.63) is 22.7 Å². The molecule has 1 unspecified atom stereocenters. The van der Waals surface area contributed by atoms with Crippen molar-refractivity contribution in [1.82, 2.24) is 10.1 Å². The lowest BCUT2D eigenvalue weighted by Gasteiger charge is -1.98. The van der Waals surface area contributed by atoms with Gasteiger partial charge in [0.05, 0.1) is 0 Å². The third-order valence-electron chi connectivity index (χ3n) is 2.00. The first kappa shape index (κ1) is 9.36. The molecule has 0 aliphatic carbocycles. The highest BCUT2D eigenvalue weighted by Crippen LogP contribution is 2.20. The fourth-order valence-electron chi connectivity index (χ4n) is 1.05. The van der Waals surface area contributed by atoms with Gasteiger partial charge in [0.25, 0.3) is 0 Å². The van der Waals surface area contributed by atoms with E-state index >= 15 is 0 Å². The molecule has 2 heterocycles. The molecule has 0 fully saturated rings. The Hall–Kier alpha value is -1.20. The van der Waals surface area contributed by atoms with E-state index in [1.807, 2.05) is 23.8 Å². The Morgan fingerprint density at radius 2 is 2.50 bits per heavy atom. The van der Waals surface area contributed by atoms with Crippen molar-refractivity contribution in [3.63, 3.8) is 0 Å². The lowest BCUT2D eigenvalue weighted by Crippen LogP contribution is -2.08. The van der Waals surface area contributed by atoms with Crippen LogP contribution >= 0.6 is 11.3 Å². The van der Waals surface area contributed by atoms with Crippen molar-refractivity contribution in [3.8, 4) is 11.4 Å². The van der Waals surface area contributed by atoms with Crippen molar-refractivity contribution in [2.75, 3.05) is 6.54 Å². The molecule has 74 valence electrons. The van der Waals surface area contributed by atoms with E-state index in [9.17, 15) is 0 Å². The highest BCUT2D eigenvalue weighted by molar-refractivity contribution is 7.08. The zero-order chi connectivity index (χ0) is 9.97. The molecular formula is C9H11N3OS. The standard InChI is InChI=1S/C9H11N3OS/c1-6(4-10)9-11-8(12-13-9)7-2-3-14-5-7/h2-3,5-6H,4,10H2,1H3. The van der Waals surface area contributed by atoms with Gasteiger partial charge in [-0.15, -0.1) is 0 Å². The predicted octanol–water partition coefficient (Wildman–Crippen LogP) is 1.86. The molecule has 0 amide bonds. The average molecular weight is 209 g/mol. The minimum Gasteiger partial charge on any atom is -0.339 e. The lowest BCUT2D eigenvalue weighted by molar-refractivity contribution is 0.361. The summed E-state index contributed by atoms with van der Waals surface area (Å²) in [5, 5.41) is 7.86. The summed E-state index contributed by atoms with van der Waals surface area (Å²) in [6.07, 6.45) is 0. The van der Waals surface area contributed by atoms with Gasteiger partial charge in [-0.25, -0.2) is 0 Å². The monoisotopic (exact) mass is 209 g/mol. The smallest absolute Gasteiger partial charge is 0.231 e. The molecule has 2 aromatic rings. The Morgan fingerprint density at radius 3 is 3.14 bits per heavy atom. The Morgan fingerprint density at radius 1 is 1.64 bits per heavy atom. The quantitative estimate of drug-likeness (QED) is 0.838.